The largest absolute Gasteiger partial charge is 0.350 e. The van der Waals surface area contributed by atoms with Gasteiger partial charge < -0.3 is 10.6 Å². The van der Waals surface area contributed by atoms with Crippen LogP contribution in [0.2, 0.25) is 0 Å². The van der Waals surface area contributed by atoms with Crippen molar-refractivity contribution < 1.29 is 13.2 Å². The summed E-state index contributed by atoms with van der Waals surface area (Å²) in [7, 11) is -3.68. The van der Waals surface area contributed by atoms with Gasteiger partial charge in [-0.25, -0.2) is 8.42 Å². The summed E-state index contributed by atoms with van der Waals surface area (Å²) in [6.45, 7) is 5.30. The van der Waals surface area contributed by atoms with Crippen LogP contribution in [0, 0.1) is 0 Å². The number of sulfonamides is 1. The predicted octanol–water partition coefficient (Wildman–Crippen LogP) is 2.22. The number of rotatable bonds is 8. The Morgan fingerprint density at radius 2 is 1.80 bits per heavy atom. The number of hydrogen-bond acceptors (Lipinski definition) is 4. The maximum Gasteiger partial charge on any atom is 0.261 e. The molecule has 7 heteroatoms. The van der Waals surface area contributed by atoms with Gasteiger partial charge in [-0.15, -0.1) is 0 Å². The Morgan fingerprint density at radius 1 is 1.08 bits per heavy atom. The highest BCUT2D eigenvalue weighted by molar-refractivity contribution is 7.92. The maximum atomic E-state index is 12.3. The van der Waals surface area contributed by atoms with E-state index in [-0.39, 0.29) is 16.8 Å². The van der Waals surface area contributed by atoms with E-state index in [1.165, 1.54) is 18.2 Å². The molecule has 2 aromatic rings. The summed E-state index contributed by atoms with van der Waals surface area (Å²) in [5.74, 6) is -0.245. The monoisotopic (exact) mass is 361 g/mol. The van der Waals surface area contributed by atoms with Crippen LogP contribution in [-0.2, 0) is 10.0 Å². The van der Waals surface area contributed by atoms with Gasteiger partial charge in [0.2, 0.25) is 0 Å². The Morgan fingerprint density at radius 3 is 2.48 bits per heavy atom. The highest BCUT2D eigenvalue weighted by Gasteiger charge is 2.14. The van der Waals surface area contributed by atoms with E-state index in [0.29, 0.717) is 17.8 Å². The van der Waals surface area contributed by atoms with Crippen LogP contribution < -0.4 is 15.4 Å². The minimum absolute atomic E-state index is 0.161. The zero-order chi connectivity index (χ0) is 18.3. The minimum Gasteiger partial charge on any atom is -0.350 e. The lowest BCUT2D eigenvalue weighted by Crippen LogP contribution is -2.38. The molecule has 0 unspecified atom stereocenters. The predicted molar refractivity (Wildman–Crippen MR) is 99.2 cm³/mol. The molecule has 3 N–H and O–H groups in total. The lowest BCUT2D eigenvalue weighted by molar-refractivity contribution is 0.0950. The summed E-state index contributed by atoms with van der Waals surface area (Å²) < 4.78 is 27.2. The Hall–Kier alpha value is -2.38. The first-order valence-corrected chi connectivity index (χ1v) is 9.60. The van der Waals surface area contributed by atoms with E-state index >= 15 is 0 Å². The maximum absolute atomic E-state index is 12.3. The second-order valence-electron chi connectivity index (χ2n) is 5.67. The smallest absolute Gasteiger partial charge is 0.261 e. The van der Waals surface area contributed by atoms with Crippen LogP contribution in [0.25, 0.3) is 0 Å². The lowest BCUT2D eigenvalue weighted by Gasteiger charge is -2.14. The van der Waals surface area contributed by atoms with E-state index in [0.717, 1.165) is 6.54 Å². The van der Waals surface area contributed by atoms with E-state index < -0.39 is 10.0 Å². The Bertz CT molecular complexity index is 807. The van der Waals surface area contributed by atoms with Crippen molar-refractivity contribution in [2.24, 2.45) is 0 Å². The quantitative estimate of drug-likeness (QED) is 0.673. The standard InChI is InChI=1S/C18H23N3O3S/c1-3-19-14(2)13-20-18(22)15-8-7-9-16(12-15)21-25(23,24)17-10-5-4-6-11-17/h4-12,14,19,21H,3,13H2,1-2H3,(H,20,22)/t14-/m1/s1. The number of benzene rings is 2. The summed E-state index contributed by atoms with van der Waals surface area (Å²) in [5, 5.41) is 6.03. The first kappa shape index (κ1) is 19.0. The normalized spacial score (nSPS) is 12.4. The number of likely N-dealkylation sites (N-methyl/N-ethyl adjacent to an activating group) is 1. The number of nitrogens with one attached hydrogen (secondary N) is 3. The second-order valence-corrected chi connectivity index (χ2v) is 7.35. The SMILES string of the molecule is CCN[C@H](C)CNC(=O)c1cccc(NS(=O)(=O)c2ccccc2)c1. The van der Waals surface area contributed by atoms with Gasteiger partial charge in [0.25, 0.3) is 15.9 Å². The van der Waals surface area contributed by atoms with Crippen molar-refractivity contribution in [1.82, 2.24) is 10.6 Å². The minimum atomic E-state index is -3.68. The van der Waals surface area contributed by atoms with Crippen LogP contribution in [0.3, 0.4) is 0 Å². The third-order valence-electron chi connectivity index (χ3n) is 3.55. The molecule has 6 nitrogen and oxygen atoms in total. The van der Waals surface area contributed by atoms with Crippen LogP contribution in [0.15, 0.2) is 59.5 Å². The molecule has 0 aromatic heterocycles. The molecule has 1 atom stereocenters. The topological polar surface area (TPSA) is 87.3 Å². The van der Waals surface area contributed by atoms with Gasteiger partial charge in [-0.1, -0.05) is 31.2 Å². The summed E-state index contributed by atoms with van der Waals surface area (Å²) >= 11 is 0. The molecular formula is C18H23N3O3S. The van der Waals surface area contributed by atoms with E-state index in [9.17, 15) is 13.2 Å². The molecule has 0 aliphatic rings. The highest BCUT2D eigenvalue weighted by atomic mass is 32.2. The van der Waals surface area contributed by atoms with Crippen molar-refractivity contribution in [1.29, 1.82) is 0 Å². The fraction of sp³-hybridized carbons (Fsp3) is 0.278. The average molecular weight is 361 g/mol. The number of carbonyl (C=O) groups excluding carboxylic acids is 1. The molecule has 0 aliphatic carbocycles. The molecule has 25 heavy (non-hydrogen) atoms. The first-order valence-electron chi connectivity index (χ1n) is 8.12. The summed E-state index contributed by atoms with van der Waals surface area (Å²) in [6, 6.07) is 14.7. The summed E-state index contributed by atoms with van der Waals surface area (Å²) in [4.78, 5) is 12.4. The molecule has 0 spiro atoms. The molecule has 0 saturated carbocycles. The van der Waals surface area contributed by atoms with Crippen molar-refractivity contribution in [3.05, 3.63) is 60.2 Å². The molecule has 0 fully saturated rings. The highest BCUT2D eigenvalue weighted by Crippen LogP contribution is 2.17. The van der Waals surface area contributed by atoms with Gasteiger partial charge in [-0.2, -0.15) is 0 Å². The fourth-order valence-corrected chi connectivity index (χ4v) is 3.38. The third-order valence-corrected chi connectivity index (χ3v) is 4.95. The van der Waals surface area contributed by atoms with Gasteiger partial charge in [0.15, 0.2) is 0 Å². The zero-order valence-corrected chi connectivity index (χ0v) is 15.1. The van der Waals surface area contributed by atoms with Crippen LogP contribution >= 0.6 is 0 Å². The van der Waals surface area contributed by atoms with Gasteiger partial charge in [0.1, 0.15) is 0 Å². The van der Waals surface area contributed by atoms with Crippen LogP contribution in [0.4, 0.5) is 5.69 Å². The molecule has 0 bridgehead atoms. The Kier molecular flexibility index (Phi) is 6.55. The molecular weight excluding hydrogens is 338 g/mol. The molecule has 0 aliphatic heterocycles. The van der Waals surface area contributed by atoms with Crippen molar-refractivity contribution >= 4 is 21.6 Å². The Labute approximate surface area is 148 Å². The van der Waals surface area contributed by atoms with Gasteiger partial charge >= 0.3 is 0 Å². The average Bonchev–Trinajstić information content (AvgIpc) is 2.60. The van der Waals surface area contributed by atoms with Gasteiger partial charge in [-0.3, -0.25) is 9.52 Å². The number of hydrogen-bond donors (Lipinski definition) is 3. The summed E-state index contributed by atoms with van der Waals surface area (Å²) in [5.41, 5.74) is 0.744. The molecule has 0 radical (unpaired) electrons. The van der Waals surface area contributed by atoms with Gasteiger partial charge in [-0.05, 0) is 43.8 Å². The van der Waals surface area contributed by atoms with Crippen LogP contribution in [0.5, 0.6) is 0 Å². The lowest BCUT2D eigenvalue weighted by atomic mass is 10.2. The third kappa shape index (κ3) is 5.58. The number of carbonyl (C=O) groups is 1. The van der Waals surface area contributed by atoms with E-state index in [1.807, 2.05) is 13.8 Å². The van der Waals surface area contributed by atoms with Gasteiger partial charge in [0, 0.05) is 23.8 Å². The summed E-state index contributed by atoms with van der Waals surface area (Å²) in [6.07, 6.45) is 0. The van der Waals surface area contributed by atoms with Crippen LogP contribution in [0.1, 0.15) is 24.2 Å². The number of amides is 1. The zero-order valence-electron chi connectivity index (χ0n) is 14.3. The van der Waals surface area contributed by atoms with Crippen molar-refractivity contribution in [2.75, 3.05) is 17.8 Å². The first-order chi connectivity index (χ1) is 11.9. The molecule has 2 rings (SSSR count). The van der Waals surface area contributed by atoms with E-state index in [1.54, 1.807) is 36.4 Å². The molecule has 134 valence electrons. The van der Waals surface area contributed by atoms with Crippen LogP contribution in [-0.4, -0.2) is 33.5 Å². The number of anilines is 1. The van der Waals surface area contributed by atoms with Gasteiger partial charge in [0.05, 0.1) is 4.90 Å². The molecule has 2 aromatic carbocycles. The molecule has 0 heterocycles. The Balaban J connectivity index is 2.07. The molecule has 0 saturated heterocycles. The van der Waals surface area contributed by atoms with E-state index in [4.69, 9.17) is 0 Å². The van der Waals surface area contributed by atoms with E-state index in [2.05, 4.69) is 15.4 Å². The molecule has 1 amide bonds. The van der Waals surface area contributed by atoms with Crippen molar-refractivity contribution in [3.63, 3.8) is 0 Å². The second kappa shape index (κ2) is 8.64. The van der Waals surface area contributed by atoms with Crippen molar-refractivity contribution in [3.8, 4) is 0 Å². The van der Waals surface area contributed by atoms with Crippen molar-refractivity contribution in [2.45, 2.75) is 24.8 Å². The fourth-order valence-electron chi connectivity index (χ4n) is 2.31.